The molecule has 240 valence electrons. The number of benzene rings is 4. The van der Waals surface area contributed by atoms with Crippen molar-refractivity contribution >= 4 is 33.2 Å². The van der Waals surface area contributed by atoms with Gasteiger partial charge < -0.3 is 10.2 Å². The smallest absolute Gasteiger partial charge is 0.271 e. The number of nitro groups is 1. The lowest BCUT2D eigenvalue weighted by Crippen LogP contribution is -2.53. The van der Waals surface area contributed by atoms with Gasteiger partial charge in [-0.3, -0.25) is 24.0 Å². The van der Waals surface area contributed by atoms with Gasteiger partial charge in [-0.15, -0.1) is 0 Å². The van der Waals surface area contributed by atoms with Crippen LogP contribution in [0, 0.1) is 15.9 Å². The summed E-state index contributed by atoms with van der Waals surface area (Å²) in [5.41, 5.74) is 0.822. The highest BCUT2D eigenvalue weighted by Crippen LogP contribution is 2.28. The van der Waals surface area contributed by atoms with Crippen LogP contribution in [-0.2, 0) is 32.6 Å². The Balaban J connectivity index is 1.81. The third kappa shape index (κ3) is 8.75. The van der Waals surface area contributed by atoms with Crippen molar-refractivity contribution < 1.29 is 27.3 Å². The number of nitrogens with one attached hydrogen (secondary N) is 1. The topological polar surface area (TPSA) is 130 Å². The summed E-state index contributed by atoms with van der Waals surface area (Å²) in [5.74, 6) is -1.65. The molecular formula is C34H35FN4O6S. The van der Waals surface area contributed by atoms with Crippen molar-refractivity contribution in [3.63, 3.8) is 0 Å². The van der Waals surface area contributed by atoms with Gasteiger partial charge in [-0.2, -0.15) is 0 Å². The molecule has 0 aliphatic heterocycles. The normalized spacial score (nSPS) is 11.8. The Labute approximate surface area is 267 Å². The Morgan fingerprint density at radius 3 is 2.17 bits per heavy atom. The number of unbranched alkanes of at least 4 members (excludes halogenated alkanes) is 1. The van der Waals surface area contributed by atoms with E-state index in [1.54, 1.807) is 6.07 Å². The number of carbonyl (C=O) groups excluding carboxylic acids is 2. The van der Waals surface area contributed by atoms with Crippen LogP contribution in [0.3, 0.4) is 0 Å². The van der Waals surface area contributed by atoms with Crippen molar-refractivity contribution in [1.82, 2.24) is 10.2 Å². The van der Waals surface area contributed by atoms with Crippen molar-refractivity contribution in [2.45, 2.75) is 43.7 Å². The van der Waals surface area contributed by atoms with Gasteiger partial charge in [0, 0.05) is 31.6 Å². The third-order valence-corrected chi connectivity index (χ3v) is 9.09. The molecular weight excluding hydrogens is 611 g/mol. The molecule has 0 saturated carbocycles. The van der Waals surface area contributed by atoms with Crippen LogP contribution in [0.4, 0.5) is 15.8 Å². The van der Waals surface area contributed by atoms with Gasteiger partial charge in [0.15, 0.2) is 0 Å². The predicted octanol–water partition coefficient (Wildman–Crippen LogP) is 5.49. The first-order valence-electron chi connectivity index (χ1n) is 14.8. The number of sulfonamides is 1. The molecule has 1 N–H and O–H groups in total. The molecule has 0 heterocycles. The monoisotopic (exact) mass is 646 g/mol. The molecule has 0 unspecified atom stereocenters. The number of hydrogen-bond acceptors (Lipinski definition) is 6. The first-order valence-corrected chi connectivity index (χ1v) is 16.2. The van der Waals surface area contributed by atoms with Gasteiger partial charge in [-0.05, 0) is 47.9 Å². The van der Waals surface area contributed by atoms with E-state index < -0.39 is 45.2 Å². The lowest BCUT2D eigenvalue weighted by molar-refractivity contribution is -0.384. The van der Waals surface area contributed by atoms with Crippen LogP contribution < -0.4 is 9.62 Å². The number of amides is 2. The number of anilines is 1. The van der Waals surface area contributed by atoms with E-state index in [9.17, 15) is 32.5 Å². The number of non-ortho nitro benzene ring substituents is 1. The van der Waals surface area contributed by atoms with E-state index in [-0.39, 0.29) is 29.2 Å². The van der Waals surface area contributed by atoms with E-state index in [1.165, 1.54) is 71.6 Å². The fourth-order valence-corrected chi connectivity index (χ4v) is 6.28. The second-order valence-electron chi connectivity index (χ2n) is 10.6. The number of nitro benzene ring substituents is 1. The molecule has 4 rings (SSSR count). The third-order valence-electron chi connectivity index (χ3n) is 7.31. The molecule has 46 heavy (non-hydrogen) atoms. The highest BCUT2D eigenvalue weighted by Gasteiger charge is 2.35. The van der Waals surface area contributed by atoms with Crippen molar-refractivity contribution in [3.8, 4) is 0 Å². The van der Waals surface area contributed by atoms with Crippen LogP contribution in [-0.4, -0.2) is 49.2 Å². The van der Waals surface area contributed by atoms with Gasteiger partial charge in [0.1, 0.15) is 18.4 Å². The summed E-state index contributed by atoms with van der Waals surface area (Å²) >= 11 is 0. The minimum absolute atomic E-state index is 0.0971. The maximum Gasteiger partial charge on any atom is 0.271 e. The van der Waals surface area contributed by atoms with Crippen LogP contribution in [0.1, 0.15) is 30.9 Å². The maximum absolute atomic E-state index is 14.4. The van der Waals surface area contributed by atoms with E-state index >= 15 is 0 Å². The summed E-state index contributed by atoms with van der Waals surface area (Å²) in [6.45, 7) is 1.45. The SMILES string of the molecule is CCCCNC(=O)[C@@H](Cc1ccccc1)N(Cc1ccc(F)cc1)C(=O)CN(c1cccc([N+](=O)[O-])c1)S(=O)(=O)c1ccccc1. The van der Waals surface area contributed by atoms with Crippen LogP contribution in [0.25, 0.3) is 0 Å². The molecule has 0 bridgehead atoms. The summed E-state index contributed by atoms with van der Waals surface area (Å²) in [6.07, 6.45) is 1.66. The lowest BCUT2D eigenvalue weighted by Gasteiger charge is -2.34. The van der Waals surface area contributed by atoms with Crippen molar-refractivity contribution in [1.29, 1.82) is 0 Å². The van der Waals surface area contributed by atoms with Gasteiger partial charge in [0.2, 0.25) is 11.8 Å². The molecule has 0 radical (unpaired) electrons. The molecule has 0 fully saturated rings. The van der Waals surface area contributed by atoms with E-state index in [2.05, 4.69) is 5.32 Å². The predicted molar refractivity (Wildman–Crippen MR) is 173 cm³/mol. The van der Waals surface area contributed by atoms with Gasteiger partial charge in [0.25, 0.3) is 15.7 Å². The lowest BCUT2D eigenvalue weighted by atomic mass is 10.0. The van der Waals surface area contributed by atoms with E-state index in [1.807, 2.05) is 37.3 Å². The average Bonchev–Trinajstić information content (AvgIpc) is 3.06. The minimum Gasteiger partial charge on any atom is -0.354 e. The maximum atomic E-state index is 14.4. The molecule has 0 saturated heterocycles. The Morgan fingerprint density at radius 2 is 1.54 bits per heavy atom. The largest absolute Gasteiger partial charge is 0.354 e. The summed E-state index contributed by atoms with van der Waals surface area (Å²) in [5, 5.41) is 14.5. The zero-order valence-corrected chi connectivity index (χ0v) is 26.1. The highest BCUT2D eigenvalue weighted by atomic mass is 32.2. The zero-order chi connectivity index (χ0) is 33.1. The Morgan fingerprint density at radius 1 is 0.891 bits per heavy atom. The van der Waals surface area contributed by atoms with E-state index in [0.29, 0.717) is 18.5 Å². The van der Waals surface area contributed by atoms with Gasteiger partial charge in [0.05, 0.1) is 15.5 Å². The number of nitrogens with zero attached hydrogens (tertiary/aromatic N) is 3. The fraction of sp³-hybridized carbons (Fsp3) is 0.235. The van der Waals surface area contributed by atoms with Crippen LogP contribution in [0.15, 0.2) is 114 Å². The number of hydrogen-bond donors (Lipinski definition) is 1. The molecule has 2 amide bonds. The molecule has 0 aliphatic rings. The number of halogens is 1. The summed E-state index contributed by atoms with van der Waals surface area (Å²) in [6, 6.07) is 25.9. The highest BCUT2D eigenvalue weighted by molar-refractivity contribution is 7.92. The van der Waals surface area contributed by atoms with Crippen molar-refractivity contribution in [2.24, 2.45) is 0 Å². The molecule has 10 nitrogen and oxygen atoms in total. The Kier molecular flexibility index (Phi) is 11.6. The summed E-state index contributed by atoms with van der Waals surface area (Å²) < 4.78 is 42.6. The van der Waals surface area contributed by atoms with Crippen molar-refractivity contribution in [2.75, 3.05) is 17.4 Å². The van der Waals surface area contributed by atoms with E-state index in [4.69, 9.17) is 0 Å². The molecule has 0 aliphatic carbocycles. The van der Waals surface area contributed by atoms with Crippen LogP contribution in [0.2, 0.25) is 0 Å². The first kappa shape index (κ1) is 33.8. The summed E-state index contributed by atoms with van der Waals surface area (Å²) in [7, 11) is -4.41. The van der Waals surface area contributed by atoms with Crippen LogP contribution >= 0.6 is 0 Å². The van der Waals surface area contributed by atoms with Gasteiger partial charge in [-0.25, -0.2) is 12.8 Å². The zero-order valence-electron chi connectivity index (χ0n) is 25.3. The minimum atomic E-state index is -4.41. The van der Waals surface area contributed by atoms with Crippen LogP contribution in [0.5, 0.6) is 0 Å². The standard InChI is InChI=1S/C34H35FN4O6S/c1-2-3-21-36-34(41)32(22-26-11-6-4-7-12-26)37(24-27-17-19-28(35)20-18-27)33(40)25-38(29-13-10-14-30(23-29)39(42)43)46(44,45)31-15-8-5-9-16-31/h4-20,23,32H,2-3,21-22,24-25H2,1H3,(H,36,41)/t32-/m1/s1. The fourth-order valence-electron chi connectivity index (χ4n) is 4.86. The molecule has 4 aromatic carbocycles. The van der Waals surface area contributed by atoms with E-state index in [0.717, 1.165) is 22.4 Å². The molecule has 0 spiro atoms. The van der Waals surface area contributed by atoms with Crippen molar-refractivity contribution in [3.05, 3.63) is 136 Å². The van der Waals surface area contributed by atoms with Gasteiger partial charge in [-0.1, -0.05) is 80.1 Å². The molecule has 0 aromatic heterocycles. The average molecular weight is 647 g/mol. The second kappa shape index (κ2) is 15.8. The number of carbonyl (C=O) groups is 2. The molecule has 1 atom stereocenters. The molecule has 4 aromatic rings. The molecule has 12 heteroatoms. The quantitative estimate of drug-likeness (QED) is 0.103. The number of rotatable bonds is 15. The van der Waals surface area contributed by atoms with Gasteiger partial charge >= 0.3 is 0 Å². The second-order valence-corrected chi connectivity index (χ2v) is 12.5. The summed E-state index contributed by atoms with van der Waals surface area (Å²) in [4.78, 5) is 40.2. The Hall–Kier alpha value is -5.10. The Bertz CT molecular complexity index is 1740. The first-order chi connectivity index (χ1) is 22.1.